The normalized spacial score (nSPS) is 17.2. The van der Waals surface area contributed by atoms with Gasteiger partial charge in [-0.15, -0.1) is 0 Å². The Morgan fingerprint density at radius 3 is 2.74 bits per heavy atom. The van der Waals surface area contributed by atoms with Crippen LogP contribution in [0.2, 0.25) is 5.15 Å². The van der Waals surface area contributed by atoms with Gasteiger partial charge in [0, 0.05) is 44.1 Å². The number of nitrogens with zero attached hydrogens (tertiary/aromatic N) is 3. The van der Waals surface area contributed by atoms with Crippen LogP contribution in [0.4, 0.5) is 5.69 Å². The Labute approximate surface area is 161 Å². The predicted molar refractivity (Wildman–Crippen MR) is 99.7 cm³/mol. The van der Waals surface area contributed by atoms with E-state index >= 15 is 0 Å². The van der Waals surface area contributed by atoms with Crippen molar-refractivity contribution >= 4 is 29.1 Å². The molecule has 3 rings (SSSR count). The van der Waals surface area contributed by atoms with Crippen LogP contribution in [0.1, 0.15) is 26.5 Å². The first-order valence-electron chi connectivity index (χ1n) is 8.48. The molecule has 0 aliphatic carbocycles. The minimum absolute atomic E-state index is 0.0651. The number of nitrogens with two attached hydrogens (primary N) is 1. The zero-order valence-electron chi connectivity index (χ0n) is 15.1. The molecule has 2 N–H and O–H groups in total. The number of carbonyl (C=O) groups excluding carboxylic acids is 2. The molecule has 1 unspecified atom stereocenters. The van der Waals surface area contributed by atoms with Crippen LogP contribution in [0.5, 0.6) is 0 Å². The number of carbonyl (C=O) groups is 2. The smallest absolute Gasteiger partial charge is 0.292 e. The van der Waals surface area contributed by atoms with Crippen molar-refractivity contribution in [2.24, 2.45) is 0 Å². The second-order valence-electron chi connectivity index (χ2n) is 6.45. The van der Waals surface area contributed by atoms with Gasteiger partial charge in [0.2, 0.25) is 5.76 Å². The van der Waals surface area contributed by atoms with E-state index in [0.717, 1.165) is 5.56 Å². The summed E-state index contributed by atoms with van der Waals surface area (Å²) in [6, 6.07) is 6.28. The van der Waals surface area contributed by atoms with Crippen molar-refractivity contribution in [2.75, 3.05) is 39.1 Å². The van der Waals surface area contributed by atoms with Gasteiger partial charge in [-0.1, -0.05) is 16.8 Å². The minimum atomic E-state index is -0.327. The molecule has 1 fully saturated rings. The van der Waals surface area contributed by atoms with E-state index in [9.17, 15) is 9.59 Å². The van der Waals surface area contributed by atoms with Crippen LogP contribution in [0, 0.1) is 6.92 Å². The molecule has 0 radical (unpaired) electrons. The summed E-state index contributed by atoms with van der Waals surface area (Å²) in [5.74, 6) is -0.356. The van der Waals surface area contributed by atoms with E-state index < -0.39 is 0 Å². The van der Waals surface area contributed by atoms with E-state index in [1.807, 2.05) is 6.92 Å². The van der Waals surface area contributed by atoms with Crippen molar-refractivity contribution in [3.05, 3.63) is 46.3 Å². The number of amides is 2. The molecule has 1 aliphatic rings. The van der Waals surface area contributed by atoms with Crippen molar-refractivity contribution in [3.63, 3.8) is 0 Å². The van der Waals surface area contributed by atoms with Crippen molar-refractivity contribution in [1.29, 1.82) is 0 Å². The van der Waals surface area contributed by atoms with Gasteiger partial charge in [0.15, 0.2) is 5.15 Å². The van der Waals surface area contributed by atoms with Crippen LogP contribution in [0.3, 0.4) is 0 Å². The molecule has 1 atom stereocenters. The zero-order chi connectivity index (χ0) is 19.6. The van der Waals surface area contributed by atoms with Gasteiger partial charge in [0.05, 0.1) is 12.6 Å². The number of benzene rings is 1. The van der Waals surface area contributed by atoms with Crippen molar-refractivity contribution in [2.45, 2.75) is 13.0 Å². The number of ether oxygens (including phenoxy) is 1. The molecule has 144 valence electrons. The Balaban J connectivity index is 1.77. The number of aryl methyl sites for hydroxylation is 1. The fourth-order valence-electron chi connectivity index (χ4n) is 3.24. The fraction of sp³-hybridized carbons (Fsp3) is 0.389. The molecule has 2 amide bonds. The standard InChI is InChI=1S/C18H21ClN4O4/c1-11-7-12(20)3-4-14(11)17(24)22-5-6-23(13(9-22)10-26-2)18(25)15-8-16(19)21-27-15/h3-4,7-8,13H,5-6,9-10,20H2,1-2H3. The van der Waals surface area contributed by atoms with E-state index in [1.165, 1.54) is 6.07 Å². The monoisotopic (exact) mass is 392 g/mol. The summed E-state index contributed by atoms with van der Waals surface area (Å²) in [6.45, 7) is 3.24. The van der Waals surface area contributed by atoms with Crippen LogP contribution >= 0.6 is 11.6 Å². The molecule has 0 saturated carbocycles. The van der Waals surface area contributed by atoms with Crippen LogP contribution in [-0.4, -0.2) is 66.2 Å². The molecular weight excluding hydrogens is 372 g/mol. The maximum absolute atomic E-state index is 12.9. The van der Waals surface area contributed by atoms with Crippen LogP contribution in [0.15, 0.2) is 28.8 Å². The summed E-state index contributed by atoms with van der Waals surface area (Å²) in [7, 11) is 1.55. The molecule has 0 spiro atoms. The Bertz CT molecular complexity index is 854. The van der Waals surface area contributed by atoms with Crippen LogP contribution in [-0.2, 0) is 4.74 Å². The van der Waals surface area contributed by atoms with Gasteiger partial charge in [0.1, 0.15) is 0 Å². The summed E-state index contributed by atoms with van der Waals surface area (Å²) in [6.07, 6.45) is 0. The quantitative estimate of drug-likeness (QED) is 0.796. The number of anilines is 1. The Morgan fingerprint density at radius 2 is 2.11 bits per heavy atom. The highest BCUT2D eigenvalue weighted by Gasteiger charge is 2.35. The number of aromatic nitrogens is 1. The zero-order valence-corrected chi connectivity index (χ0v) is 15.9. The van der Waals surface area contributed by atoms with Gasteiger partial charge in [-0.3, -0.25) is 9.59 Å². The first-order valence-corrected chi connectivity index (χ1v) is 8.86. The molecule has 0 bridgehead atoms. The highest BCUT2D eigenvalue weighted by molar-refractivity contribution is 6.29. The molecule has 2 aromatic rings. The highest BCUT2D eigenvalue weighted by atomic mass is 35.5. The first-order chi connectivity index (χ1) is 12.9. The second kappa shape index (κ2) is 7.98. The molecule has 9 heteroatoms. The van der Waals surface area contributed by atoms with E-state index in [4.69, 9.17) is 26.6 Å². The third-order valence-electron chi connectivity index (χ3n) is 4.56. The fourth-order valence-corrected chi connectivity index (χ4v) is 3.37. The van der Waals surface area contributed by atoms with E-state index in [1.54, 1.807) is 35.1 Å². The maximum atomic E-state index is 12.9. The molecule has 1 aromatic heterocycles. The van der Waals surface area contributed by atoms with E-state index in [2.05, 4.69) is 5.16 Å². The number of hydrogen-bond donors (Lipinski definition) is 1. The minimum Gasteiger partial charge on any atom is -0.399 e. The van der Waals surface area contributed by atoms with Crippen molar-refractivity contribution in [1.82, 2.24) is 15.0 Å². The van der Waals surface area contributed by atoms with Gasteiger partial charge in [0.25, 0.3) is 11.8 Å². The van der Waals surface area contributed by atoms with Crippen molar-refractivity contribution in [3.8, 4) is 0 Å². The Hall–Kier alpha value is -2.58. The Kier molecular flexibility index (Phi) is 5.67. The lowest BCUT2D eigenvalue weighted by Crippen LogP contribution is -2.58. The van der Waals surface area contributed by atoms with Gasteiger partial charge in [-0.25, -0.2) is 0 Å². The number of methoxy groups -OCH3 is 1. The lowest BCUT2D eigenvalue weighted by atomic mass is 10.0. The summed E-state index contributed by atoms with van der Waals surface area (Å²) in [4.78, 5) is 29.0. The topological polar surface area (TPSA) is 102 Å². The molecule has 1 aliphatic heterocycles. The first kappa shape index (κ1) is 19.2. The SMILES string of the molecule is COCC1CN(C(=O)c2ccc(N)cc2C)CCN1C(=O)c1cc(Cl)no1. The number of hydrogen-bond acceptors (Lipinski definition) is 6. The van der Waals surface area contributed by atoms with Gasteiger partial charge in [-0.2, -0.15) is 0 Å². The molecular formula is C18H21ClN4O4. The molecule has 27 heavy (non-hydrogen) atoms. The van der Waals surface area contributed by atoms with Crippen LogP contribution in [0.25, 0.3) is 0 Å². The van der Waals surface area contributed by atoms with Gasteiger partial charge >= 0.3 is 0 Å². The Morgan fingerprint density at radius 1 is 1.33 bits per heavy atom. The lowest BCUT2D eigenvalue weighted by Gasteiger charge is -2.40. The molecule has 8 nitrogen and oxygen atoms in total. The summed E-state index contributed by atoms with van der Waals surface area (Å²) in [5.41, 5.74) is 7.80. The lowest BCUT2D eigenvalue weighted by molar-refractivity contribution is 0.0179. The molecule has 1 aromatic carbocycles. The average molecular weight is 393 g/mol. The van der Waals surface area contributed by atoms with Crippen LogP contribution < -0.4 is 5.73 Å². The average Bonchev–Trinajstić information content (AvgIpc) is 3.07. The van der Waals surface area contributed by atoms with Gasteiger partial charge < -0.3 is 24.8 Å². The van der Waals surface area contributed by atoms with Gasteiger partial charge in [-0.05, 0) is 30.7 Å². The number of piperazine rings is 1. The number of nitrogen functional groups attached to an aromatic ring is 1. The summed E-state index contributed by atoms with van der Waals surface area (Å²) < 4.78 is 10.2. The summed E-state index contributed by atoms with van der Waals surface area (Å²) in [5, 5.41) is 3.66. The number of rotatable bonds is 4. The second-order valence-corrected chi connectivity index (χ2v) is 6.83. The predicted octanol–water partition coefficient (Wildman–Crippen LogP) is 1.83. The number of halogens is 1. The van der Waals surface area contributed by atoms with E-state index in [-0.39, 0.29) is 35.4 Å². The largest absolute Gasteiger partial charge is 0.399 e. The highest BCUT2D eigenvalue weighted by Crippen LogP contribution is 2.20. The molecule has 1 saturated heterocycles. The third kappa shape index (κ3) is 4.06. The van der Waals surface area contributed by atoms with E-state index in [0.29, 0.717) is 30.9 Å². The van der Waals surface area contributed by atoms with Crippen molar-refractivity contribution < 1.29 is 18.8 Å². The molecule has 2 heterocycles. The summed E-state index contributed by atoms with van der Waals surface area (Å²) >= 11 is 5.74. The third-order valence-corrected chi connectivity index (χ3v) is 4.74. The maximum Gasteiger partial charge on any atom is 0.292 e.